The van der Waals surface area contributed by atoms with E-state index in [0.29, 0.717) is 23.6 Å². The number of piperazine rings is 1. The lowest BCUT2D eigenvalue weighted by molar-refractivity contribution is -0.139. The molecule has 8 heteroatoms. The zero-order chi connectivity index (χ0) is 24.9. The van der Waals surface area contributed by atoms with Gasteiger partial charge in [0.25, 0.3) is 0 Å². The van der Waals surface area contributed by atoms with Gasteiger partial charge in [-0.05, 0) is 50.1 Å². The van der Waals surface area contributed by atoms with E-state index in [4.69, 9.17) is 9.47 Å². The van der Waals surface area contributed by atoms with Crippen LogP contribution in [-0.2, 0) is 9.53 Å². The van der Waals surface area contributed by atoms with Crippen molar-refractivity contribution in [2.24, 2.45) is 0 Å². The van der Waals surface area contributed by atoms with Gasteiger partial charge in [0.1, 0.15) is 5.75 Å². The van der Waals surface area contributed by atoms with E-state index in [9.17, 15) is 9.59 Å². The number of benzene rings is 2. The SMILES string of the molecule is CCOC(=O)C1=C(CN2CCN(c3ccc(C)cc3C)CC2)NC(=O)N[C@@H]1c1ccc(OC)cc1. The number of hydrogen-bond donors (Lipinski definition) is 2. The third-order valence-corrected chi connectivity index (χ3v) is 6.55. The normalized spacial score (nSPS) is 18.7. The molecule has 8 nitrogen and oxygen atoms in total. The molecule has 0 saturated carbocycles. The number of rotatable bonds is 7. The topological polar surface area (TPSA) is 83.1 Å². The summed E-state index contributed by atoms with van der Waals surface area (Å²) in [4.78, 5) is 30.3. The molecule has 0 aliphatic carbocycles. The first-order valence-electron chi connectivity index (χ1n) is 12.1. The Morgan fingerprint density at radius 2 is 1.77 bits per heavy atom. The van der Waals surface area contributed by atoms with Crippen molar-refractivity contribution in [3.05, 3.63) is 70.4 Å². The maximum absolute atomic E-state index is 13.0. The van der Waals surface area contributed by atoms with E-state index < -0.39 is 12.0 Å². The quantitative estimate of drug-likeness (QED) is 0.594. The van der Waals surface area contributed by atoms with Crippen LogP contribution in [0.3, 0.4) is 0 Å². The number of aryl methyl sites for hydroxylation is 2. The highest BCUT2D eigenvalue weighted by Gasteiger charge is 2.34. The zero-order valence-electron chi connectivity index (χ0n) is 20.9. The van der Waals surface area contributed by atoms with Crippen LogP contribution in [0.2, 0.25) is 0 Å². The molecule has 186 valence electrons. The Labute approximate surface area is 206 Å². The predicted molar refractivity (Wildman–Crippen MR) is 136 cm³/mol. The van der Waals surface area contributed by atoms with Crippen LogP contribution >= 0.6 is 0 Å². The van der Waals surface area contributed by atoms with E-state index in [0.717, 1.165) is 31.7 Å². The van der Waals surface area contributed by atoms with Gasteiger partial charge in [0.15, 0.2) is 0 Å². The Balaban J connectivity index is 1.55. The molecule has 0 unspecified atom stereocenters. The molecule has 2 aromatic rings. The number of carbonyl (C=O) groups is 2. The molecular weight excluding hydrogens is 444 g/mol. The highest BCUT2D eigenvalue weighted by atomic mass is 16.5. The van der Waals surface area contributed by atoms with Gasteiger partial charge in [-0.25, -0.2) is 9.59 Å². The second kappa shape index (κ2) is 10.8. The van der Waals surface area contributed by atoms with Crippen LogP contribution in [0, 0.1) is 13.8 Å². The average Bonchev–Trinajstić information content (AvgIpc) is 2.84. The highest BCUT2D eigenvalue weighted by molar-refractivity contribution is 5.95. The molecule has 0 spiro atoms. The minimum Gasteiger partial charge on any atom is -0.497 e. The summed E-state index contributed by atoms with van der Waals surface area (Å²) in [5.74, 6) is 0.280. The van der Waals surface area contributed by atoms with Gasteiger partial charge in [0, 0.05) is 44.1 Å². The minimum absolute atomic E-state index is 0.257. The Bertz CT molecular complexity index is 1100. The van der Waals surface area contributed by atoms with Crippen molar-refractivity contribution in [3.8, 4) is 5.75 Å². The van der Waals surface area contributed by atoms with Gasteiger partial charge in [0.05, 0.1) is 25.3 Å². The first-order valence-corrected chi connectivity index (χ1v) is 12.1. The van der Waals surface area contributed by atoms with Crippen molar-refractivity contribution in [2.45, 2.75) is 26.8 Å². The van der Waals surface area contributed by atoms with E-state index in [1.807, 2.05) is 24.3 Å². The summed E-state index contributed by atoms with van der Waals surface area (Å²) in [7, 11) is 1.60. The first kappa shape index (κ1) is 24.6. The van der Waals surface area contributed by atoms with Crippen molar-refractivity contribution in [2.75, 3.05) is 51.3 Å². The number of methoxy groups -OCH3 is 1. The van der Waals surface area contributed by atoms with Gasteiger partial charge in [0.2, 0.25) is 0 Å². The van der Waals surface area contributed by atoms with Gasteiger partial charge in [-0.15, -0.1) is 0 Å². The van der Waals surface area contributed by atoms with Crippen LogP contribution in [0.4, 0.5) is 10.5 Å². The molecular formula is C27H34N4O4. The molecule has 0 bridgehead atoms. The number of nitrogens with one attached hydrogen (secondary N) is 2. The molecule has 2 aliphatic heterocycles. The lowest BCUT2D eigenvalue weighted by atomic mass is 9.94. The van der Waals surface area contributed by atoms with Crippen molar-refractivity contribution in [1.82, 2.24) is 15.5 Å². The molecule has 1 saturated heterocycles. The van der Waals surface area contributed by atoms with Crippen LogP contribution in [0.25, 0.3) is 0 Å². The van der Waals surface area contributed by atoms with Crippen LogP contribution < -0.4 is 20.3 Å². The molecule has 2 aromatic carbocycles. The Kier molecular flexibility index (Phi) is 7.60. The standard InChI is InChI=1S/C27H34N4O4/c1-5-35-26(32)24-22(28-27(33)29-25(24)20-7-9-21(34-4)10-8-20)17-30-12-14-31(15-13-30)23-11-6-18(2)16-19(23)3/h6-11,16,25H,5,12-15,17H2,1-4H3,(H2,28,29,33)/t25-/m1/s1. The van der Waals surface area contributed by atoms with E-state index in [-0.39, 0.29) is 12.6 Å². The molecule has 0 aromatic heterocycles. The smallest absolute Gasteiger partial charge is 0.338 e. The third-order valence-electron chi connectivity index (χ3n) is 6.55. The number of esters is 1. The van der Waals surface area contributed by atoms with Crippen molar-refractivity contribution >= 4 is 17.7 Å². The molecule has 4 rings (SSSR count). The van der Waals surface area contributed by atoms with Crippen LogP contribution in [0.1, 0.15) is 29.7 Å². The number of ether oxygens (including phenoxy) is 2. The molecule has 1 atom stereocenters. The molecule has 2 heterocycles. The molecule has 2 N–H and O–H groups in total. The fraction of sp³-hybridized carbons (Fsp3) is 0.407. The molecule has 35 heavy (non-hydrogen) atoms. The summed E-state index contributed by atoms with van der Waals surface area (Å²) in [6, 6.07) is 13.0. The fourth-order valence-corrected chi connectivity index (χ4v) is 4.77. The summed E-state index contributed by atoms with van der Waals surface area (Å²) in [5.41, 5.74) is 5.62. The zero-order valence-corrected chi connectivity index (χ0v) is 20.9. The Hall–Kier alpha value is -3.52. The fourth-order valence-electron chi connectivity index (χ4n) is 4.77. The maximum atomic E-state index is 13.0. The van der Waals surface area contributed by atoms with E-state index in [2.05, 4.69) is 52.5 Å². The third kappa shape index (κ3) is 5.59. The monoisotopic (exact) mass is 478 g/mol. The van der Waals surface area contributed by atoms with Gasteiger partial charge in [-0.2, -0.15) is 0 Å². The van der Waals surface area contributed by atoms with E-state index in [1.165, 1.54) is 16.8 Å². The van der Waals surface area contributed by atoms with Gasteiger partial charge in [-0.3, -0.25) is 4.90 Å². The number of amides is 2. The van der Waals surface area contributed by atoms with Crippen molar-refractivity contribution in [1.29, 1.82) is 0 Å². The maximum Gasteiger partial charge on any atom is 0.338 e. The summed E-state index contributed by atoms with van der Waals surface area (Å²) in [6.45, 7) is 10.2. The lowest BCUT2D eigenvalue weighted by Gasteiger charge is -2.38. The minimum atomic E-state index is -0.597. The van der Waals surface area contributed by atoms with E-state index >= 15 is 0 Å². The first-order chi connectivity index (χ1) is 16.9. The lowest BCUT2D eigenvalue weighted by Crippen LogP contribution is -2.52. The van der Waals surface area contributed by atoms with Gasteiger partial charge >= 0.3 is 12.0 Å². The van der Waals surface area contributed by atoms with Crippen molar-refractivity contribution < 1.29 is 19.1 Å². The summed E-state index contributed by atoms with van der Waals surface area (Å²) < 4.78 is 10.6. The highest BCUT2D eigenvalue weighted by Crippen LogP contribution is 2.30. The number of carbonyl (C=O) groups excluding carboxylic acids is 2. The second-order valence-electron chi connectivity index (χ2n) is 8.97. The molecule has 0 radical (unpaired) electrons. The van der Waals surface area contributed by atoms with Crippen LogP contribution in [-0.4, -0.2) is 63.3 Å². The van der Waals surface area contributed by atoms with Crippen LogP contribution in [0.5, 0.6) is 5.75 Å². The molecule has 2 amide bonds. The van der Waals surface area contributed by atoms with Crippen molar-refractivity contribution in [3.63, 3.8) is 0 Å². The molecule has 2 aliphatic rings. The number of anilines is 1. The summed E-state index contributed by atoms with van der Waals surface area (Å²) in [5, 5.41) is 5.77. The predicted octanol–water partition coefficient (Wildman–Crippen LogP) is 3.31. The number of nitrogens with zero attached hydrogens (tertiary/aromatic N) is 2. The Morgan fingerprint density at radius 3 is 2.40 bits per heavy atom. The summed E-state index contributed by atoms with van der Waals surface area (Å²) in [6.07, 6.45) is 0. The van der Waals surface area contributed by atoms with Gasteiger partial charge in [-0.1, -0.05) is 29.8 Å². The largest absolute Gasteiger partial charge is 0.497 e. The molecule has 1 fully saturated rings. The van der Waals surface area contributed by atoms with Gasteiger partial charge < -0.3 is 25.0 Å². The van der Waals surface area contributed by atoms with Crippen LogP contribution in [0.15, 0.2) is 53.7 Å². The average molecular weight is 479 g/mol. The Morgan fingerprint density at radius 1 is 1.06 bits per heavy atom. The summed E-state index contributed by atoms with van der Waals surface area (Å²) >= 11 is 0. The van der Waals surface area contributed by atoms with E-state index in [1.54, 1.807) is 14.0 Å². The number of hydrogen-bond acceptors (Lipinski definition) is 6. The number of urea groups is 1. The second-order valence-corrected chi connectivity index (χ2v) is 8.97.